The smallest absolute Gasteiger partial charge is 0.263 e. The Morgan fingerprint density at radius 2 is 2.00 bits per heavy atom. The summed E-state index contributed by atoms with van der Waals surface area (Å²) < 4.78 is 41.1. The van der Waals surface area contributed by atoms with E-state index in [2.05, 4.69) is 14.3 Å². The van der Waals surface area contributed by atoms with Gasteiger partial charge < -0.3 is 0 Å². The van der Waals surface area contributed by atoms with E-state index in [1.54, 1.807) is 12.1 Å². The van der Waals surface area contributed by atoms with Crippen LogP contribution in [0.25, 0.3) is 5.13 Å². The lowest BCUT2D eigenvalue weighted by Gasteiger charge is -1.98. The molecule has 0 aliphatic rings. The van der Waals surface area contributed by atoms with E-state index in [0.717, 1.165) is 10.9 Å². The number of imidazole rings is 1. The van der Waals surface area contributed by atoms with Crippen molar-refractivity contribution in [1.82, 2.24) is 18.9 Å². The molecule has 90 valence electrons. The van der Waals surface area contributed by atoms with E-state index in [1.165, 1.54) is 0 Å². The molecule has 0 N–H and O–H groups in total. The van der Waals surface area contributed by atoms with Crippen molar-refractivity contribution < 1.29 is 13.2 Å². The van der Waals surface area contributed by atoms with Gasteiger partial charge in [0.1, 0.15) is 18.5 Å². The molecule has 0 bridgehead atoms. The molecule has 0 saturated carbocycles. The number of nitriles is 2. The first-order valence-corrected chi connectivity index (χ1v) is 5.03. The highest BCUT2D eigenvalue weighted by Crippen LogP contribution is 2.28. The van der Waals surface area contributed by atoms with Gasteiger partial charge in [0.25, 0.3) is 0 Å². The molecule has 6 nitrogen and oxygen atoms in total. The molecule has 0 amide bonds. The Bertz CT molecular complexity index is 670. The maximum absolute atomic E-state index is 12.3. The van der Waals surface area contributed by atoms with Crippen LogP contribution >= 0.6 is 11.5 Å². The van der Waals surface area contributed by atoms with Crippen molar-refractivity contribution in [1.29, 1.82) is 10.5 Å². The van der Waals surface area contributed by atoms with Crippen molar-refractivity contribution in [3.05, 3.63) is 23.5 Å². The zero-order chi connectivity index (χ0) is 13.3. The van der Waals surface area contributed by atoms with Crippen LogP contribution in [0.5, 0.6) is 0 Å². The number of hydrogen-bond donors (Lipinski definition) is 0. The minimum atomic E-state index is -4.65. The fraction of sp³-hybridized carbons (Fsp3) is 0.125. The summed E-state index contributed by atoms with van der Waals surface area (Å²) in [4.78, 5) is 6.84. The van der Waals surface area contributed by atoms with Gasteiger partial charge in [0.05, 0.1) is 0 Å². The Morgan fingerprint density at radius 1 is 1.28 bits per heavy atom. The molecule has 0 aliphatic heterocycles. The molecule has 0 atom stereocenters. The molecule has 0 saturated heterocycles. The summed E-state index contributed by atoms with van der Waals surface area (Å²) in [6.45, 7) is 0. The van der Waals surface area contributed by atoms with Gasteiger partial charge in [0.2, 0.25) is 11.0 Å². The molecule has 0 unspecified atom stereocenters. The second-order valence-corrected chi connectivity index (χ2v) is 3.66. The van der Waals surface area contributed by atoms with Gasteiger partial charge >= 0.3 is 6.18 Å². The highest BCUT2D eigenvalue weighted by atomic mass is 32.1. The maximum atomic E-state index is 12.3. The second kappa shape index (κ2) is 4.09. The van der Waals surface area contributed by atoms with Crippen LogP contribution < -0.4 is 0 Å². The van der Waals surface area contributed by atoms with E-state index in [4.69, 9.17) is 10.5 Å². The molecule has 2 rings (SSSR count). The molecule has 0 radical (unpaired) electrons. The predicted octanol–water partition coefficient (Wildman–Crippen LogP) is 1.49. The van der Waals surface area contributed by atoms with E-state index < -0.39 is 12.0 Å². The predicted molar refractivity (Wildman–Crippen MR) is 51.5 cm³/mol. The van der Waals surface area contributed by atoms with Crippen molar-refractivity contribution >= 4 is 11.5 Å². The van der Waals surface area contributed by atoms with Crippen molar-refractivity contribution in [2.45, 2.75) is 6.18 Å². The zero-order valence-corrected chi connectivity index (χ0v) is 9.12. The summed E-state index contributed by atoms with van der Waals surface area (Å²) >= 11 is 0.464. The first-order valence-electron chi connectivity index (χ1n) is 4.26. The fourth-order valence-electron chi connectivity index (χ4n) is 1.11. The first-order chi connectivity index (χ1) is 8.47. The van der Waals surface area contributed by atoms with Gasteiger partial charge in [-0.05, 0) is 0 Å². The van der Waals surface area contributed by atoms with E-state index >= 15 is 0 Å². The van der Waals surface area contributed by atoms with Crippen LogP contribution in [-0.4, -0.2) is 18.9 Å². The van der Waals surface area contributed by atoms with Crippen molar-refractivity contribution in [2.75, 3.05) is 0 Å². The van der Waals surface area contributed by atoms with Gasteiger partial charge in [-0.15, -0.1) is 0 Å². The summed E-state index contributed by atoms with van der Waals surface area (Å²) in [6, 6.07) is 3.33. The summed E-state index contributed by atoms with van der Waals surface area (Å²) in [5.41, 5.74) is -0.358. The van der Waals surface area contributed by atoms with Crippen molar-refractivity contribution in [3.8, 4) is 17.3 Å². The number of halogens is 3. The average molecular weight is 270 g/mol. The monoisotopic (exact) mass is 270 g/mol. The lowest BCUT2D eigenvalue weighted by Crippen LogP contribution is -2.07. The van der Waals surface area contributed by atoms with Crippen LogP contribution in [-0.2, 0) is 6.18 Å². The van der Waals surface area contributed by atoms with Gasteiger partial charge in [-0.1, -0.05) is 0 Å². The Kier molecular flexibility index (Phi) is 2.73. The SMILES string of the molecule is N#Cc1ncn(-c2nc(C(F)(F)F)ns2)c1C#N. The zero-order valence-electron chi connectivity index (χ0n) is 8.30. The van der Waals surface area contributed by atoms with Gasteiger partial charge in [-0.25, -0.2) is 4.98 Å². The Morgan fingerprint density at radius 3 is 2.50 bits per heavy atom. The van der Waals surface area contributed by atoms with Crippen molar-refractivity contribution in [2.24, 2.45) is 0 Å². The number of rotatable bonds is 1. The molecule has 2 heterocycles. The van der Waals surface area contributed by atoms with Crippen LogP contribution in [0.1, 0.15) is 17.2 Å². The van der Waals surface area contributed by atoms with E-state index in [9.17, 15) is 13.2 Å². The molecule has 10 heteroatoms. The number of hydrogen-bond acceptors (Lipinski definition) is 6. The molecule has 0 aromatic carbocycles. The Balaban J connectivity index is 2.52. The first kappa shape index (κ1) is 12.0. The molecule has 0 aliphatic carbocycles. The molecule has 18 heavy (non-hydrogen) atoms. The van der Waals surface area contributed by atoms with Crippen molar-refractivity contribution in [3.63, 3.8) is 0 Å². The highest BCUT2D eigenvalue weighted by molar-refractivity contribution is 7.08. The second-order valence-electron chi connectivity index (χ2n) is 2.93. The van der Waals surface area contributed by atoms with Gasteiger partial charge in [0.15, 0.2) is 11.4 Å². The summed E-state index contributed by atoms with van der Waals surface area (Å²) in [5, 5.41) is 17.3. The number of nitrogens with zero attached hydrogens (tertiary/aromatic N) is 6. The molecule has 2 aromatic heterocycles. The molecular formula is C8HF3N6S. The lowest BCUT2D eigenvalue weighted by atomic mass is 10.4. The minimum Gasteiger partial charge on any atom is -0.263 e. The van der Waals surface area contributed by atoms with E-state index in [-0.39, 0.29) is 16.5 Å². The topological polar surface area (TPSA) is 91.2 Å². The van der Waals surface area contributed by atoms with Crippen LogP contribution in [0, 0.1) is 22.7 Å². The Labute approximate surface area is 102 Å². The van der Waals surface area contributed by atoms with Gasteiger partial charge in [0, 0.05) is 11.5 Å². The highest BCUT2D eigenvalue weighted by Gasteiger charge is 2.36. The molecule has 0 spiro atoms. The quantitative estimate of drug-likeness (QED) is 0.782. The van der Waals surface area contributed by atoms with E-state index in [0.29, 0.717) is 11.5 Å². The third-order valence-corrected chi connectivity index (χ3v) is 2.57. The van der Waals surface area contributed by atoms with Crippen LogP contribution in [0.15, 0.2) is 6.33 Å². The average Bonchev–Trinajstić information content (AvgIpc) is 2.93. The molecule has 0 fully saturated rings. The molecule has 2 aromatic rings. The number of alkyl halides is 3. The third kappa shape index (κ3) is 1.89. The fourth-order valence-corrected chi connectivity index (χ4v) is 1.78. The van der Waals surface area contributed by atoms with Crippen LogP contribution in [0.3, 0.4) is 0 Å². The summed E-state index contributed by atoms with van der Waals surface area (Å²) in [7, 11) is 0. The standard InChI is InChI=1S/C8HF3N6S/c9-8(10,11)6-15-7(18-16-6)17-3-14-4(1-12)5(17)2-13/h3H. The van der Waals surface area contributed by atoms with Crippen LogP contribution in [0.2, 0.25) is 0 Å². The number of aromatic nitrogens is 4. The van der Waals surface area contributed by atoms with Gasteiger partial charge in [-0.2, -0.15) is 33.1 Å². The normalized spacial score (nSPS) is 10.9. The van der Waals surface area contributed by atoms with Gasteiger partial charge in [-0.3, -0.25) is 4.57 Å². The molecular weight excluding hydrogens is 269 g/mol. The lowest BCUT2D eigenvalue weighted by molar-refractivity contribution is -0.144. The summed E-state index contributed by atoms with van der Waals surface area (Å²) in [5.74, 6) is -1.29. The van der Waals surface area contributed by atoms with Crippen LogP contribution in [0.4, 0.5) is 13.2 Å². The maximum Gasteiger partial charge on any atom is 0.452 e. The minimum absolute atomic E-state index is 0.173. The largest absolute Gasteiger partial charge is 0.452 e. The Hall–Kier alpha value is -2.46. The van der Waals surface area contributed by atoms with E-state index in [1.807, 2.05) is 0 Å². The summed E-state index contributed by atoms with van der Waals surface area (Å²) in [6.07, 6.45) is -3.60. The third-order valence-electron chi connectivity index (χ3n) is 1.85.